The number of imide groups is 1. The van der Waals surface area contributed by atoms with Crippen LogP contribution >= 0.6 is 0 Å². The molecule has 30 heavy (non-hydrogen) atoms. The van der Waals surface area contributed by atoms with Gasteiger partial charge in [-0.15, -0.1) is 0 Å². The zero-order valence-corrected chi connectivity index (χ0v) is 16.4. The molecule has 3 amide bonds. The van der Waals surface area contributed by atoms with E-state index in [9.17, 15) is 19.2 Å². The lowest BCUT2D eigenvalue weighted by molar-refractivity contribution is -0.139. The third kappa shape index (κ3) is 3.84. The molecule has 0 saturated carbocycles. The highest BCUT2D eigenvalue weighted by molar-refractivity contribution is 6.01. The predicted octanol–water partition coefficient (Wildman–Crippen LogP) is 1.99. The molecule has 2 heterocycles. The molecule has 2 aromatic carbocycles. The van der Waals surface area contributed by atoms with E-state index in [0.29, 0.717) is 16.6 Å². The van der Waals surface area contributed by atoms with Crippen molar-refractivity contribution in [1.82, 2.24) is 14.5 Å². The van der Waals surface area contributed by atoms with Crippen LogP contribution in [0, 0.1) is 6.92 Å². The minimum Gasteiger partial charge on any atom is -0.325 e. The SMILES string of the molecule is Cc1cccc2c(=O)n(CC(=O)Nc3ccc(CN4C(=O)CCC4=O)cc3)cnc12. The number of amides is 3. The van der Waals surface area contributed by atoms with Crippen molar-refractivity contribution in [2.24, 2.45) is 0 Å². The number of aryl methyl sites for hydroxylation is 1. The molecule has 8 heteroatoms. The molecule has 0 bridgehead atoms. The molecule has 0 radical (unpaired) electrons. The summed E-state index contributed by atoms with van der Waals surface area (Å²) in [6.07, 6.45) is 1.90. The third-order valence-corrected chi connectivity index (χ3v) is 5.10. The second-order valence-electron chi connectivity index (χ2n) is 7.27. The molecule has 0 spiro atoms. The molecule has 1 N–H and O–H groups in total. The lowest BCUT2D eigenvalue weighted by Crippen LogP contribution is -2.28. The second-order valence-corrected chi connectivity index (χ2v) is 7.27. The monoisotopic (exact) mass is 404 g/mol. The zero-order chi connectivity index (χ0) is 21.3. The van der Waals surface area contributed by atoms with E-state index in [-0.39, 0.29) is 49.2 Å². The van der Waals surface area contributed by atoms with Crippen LogP contribution in [-0.4, -0.2) is 32.2 Å². The van der Waals surface area contributed by atoms with Crippen LogP contribution in [0.5, 0.6) is 0 Å². The van der Waals surface area contributed by atoms with Gasteiger partial charge in [0.05, 0.1) is 23.8 Å². The van der Waals surface area contributed by atoms with Crippen LogP contribution in [0.15, 0.2) is 53.6 Å². The highest BCUT2D eigenvalue weighted by Gasteiger charge is 2.28. The van der Waals surface area contributed by atoms with Crippen molar-refractivity contribution in [3.05, 3.63) is 70.3 Å². The summed E-state index contributed by atoms with van der Waals surface area (Å²) in [6.45, 7) is 1.95. The summed E-state index contributed by atoms with van der Waals surface area (Å²) in [4.78, 5) is 54.0. The molecule has 3 aromatic rings. The molecule has 1 saturated heterocycles. The summed E-state index contributed by atoms with van der Waals surface area (Å²) in [6, 6.07) is 12.3. The van der Waals surface area contributed by atoms with Gasteiger partial charge >= 0.3 is 0 Å². The number of hydrogen-bond donors (Lipinski definition) is 1. The Balaban J connectivity index is 1.42. The van der Waals surface area contributed by atoms with E-state index in [4.69, 9.17) is 0 Å². The van der Waals surface area contributed by atoms with Crippen molar-refractivity contribution in [1.29, 1.82) is 0 Å². The summed E-state index contributed by atoms with van der Waals surface area (Å²) in [5.74, 6) is -0.687. The Hall–Kier alpha value is -3.81. The van der Waals surface area contributed by atoms with Gasteiger partial charge in [-0.1, -0.05) is 24.3 Å². The number of carbonyl (C=O) groups is 3. The number of benzene rings is 2. The maximum absolute atomic E-state index is 12.6. The van der Waals surface area contributed by atoms with Gasteiger partial charge in [-0.25, -0.2) is 4.98 Å². The summed E-state index contributed by atoms with van der Waals surface area (Å²) in [5, 5.41) is 3.21. The molecule has 0 atom stereocenters. The van der Waals surface area contributed by atoms with Crippen molar-refractivity contribution in [3.8, 4) is 0 Å². The van der Waals surface area contributed by atoms with Crippen LogP contribution in [0.3, 0.4) is 0 Å². The number of hydrogen-bond acceptors (Lipinski definition) is 5. The largest absolute Gasteiger partial charge is 0.325 e. The van der Waals surface area contributed by atoms with Crippen molar-refractivity contribution in [2.45, 2.75) is 32.9 Å². The number of rotatable bonds is 5. The van der Waals surface area contributed by atoms with Crippen molar-refractivity contribution >= 4 is 34.3 Å². The molecule has 1 fully saturated rings. The maximum atomic E-state index is 12.6. The fourth-order valence-corrected chi connectivity index (χ4v) is 3.48. The number of para-hydroxylation sites is 1. The Kier molecular flexibility index (Phi) is 5.14. The van der Waals surface area contributed by atoms with Gasteiger partial charge in [-0.05, 0) is 36.2 Å². The molecule has 1 aliphatic rings. The Morgan fingerprint density at radius 1 is 1.03 bits per heavy atom. The van der Waals surface area contributed by atoms with E-state index >= 15 is 0 Å². The third-order valence-electron chi connectivity index (χ3n) is 5.10. The molecular formula is C22H20N4O4. The lowest BCUT2D eigenvalue weighted by atomic mass is 10.1. The highest BCUT2D eigenvalue weighted by atomic mass is 16.2. The average Bonchev–Trinajstić information content (AvgIpc) is 3.04. The molecule has 0 unspecified atom stereocenters. The predicted molar refractivity (Wildman–Crippen MR) is 111 cm³/mol. The van der Waals surface area contributed by atoms with Crippen LogP contribution < -0.4 is 10.9 Å². The van der Waals surface area contributed by atoms with Crippen LogP contribution in [0.1, 0.15) is 24.0 Å². The van der Waals surface area contributed by atoms with Gasteiger partial charge < -0.3 is 5.32 Å². The minimum absolute atomic E-state index is 0.158. The van der Waals surface area contributed by atoms with E-state index in [2.05, 4.69) is 10.3 Å². The molecule has 8 nitrogen and oxygen atoms in total. The molecular weight excluding hydrogens is 384 g/mol. The Morgan fingerprint density at radius 3 is 2.43 bits per heavy atom. The second kappa shape index (κ2) is 7.90. The summed E-state index contributed by atoms with van der Waals surface area (Å²) in [7, 11) is 0. The summed E-state index contributed by atoms with van der Waals surface area (Å²) in [5.41, 5.74) is 2.61. The first-order chi connectivity index (χ1) is 14.4. The first-order valence-corrected chi connectivity index (χ1v) is 9.59. The molecule has 1 aromatic heterocycles. The van der Waals surface area contributed by atoms with E-state index in [1.807, 2.05) is 13.0 Å². The first-order valence-electron chi connectivity index (χ1n) is 9.59. The fraction of sp³-hybridized carbons (Fsp3) is 0.227. The quantitative estimate of drug-likeness (QED) is 0.656. The van der Waals surface area contributed by atoms with Gasteiger partial charge in [0.15, 0.2) is 0 Å². The van der Waals surface area contributed by atoms with Crippen molar-refractivity contribution < 1.29 is 14.4 Å². The van der Waals surface area contributed by atoms with Gasteiger partial charge in [0.2, 0.25) is 17.7 Å². The number of fused-ring (bicyclic) bond motifs is 1. The van der Waals surface area contributed by atoms with E-state index < -0.39 is 0 Å². The van der Waals surface area contributed by atoms with Gasteiger partial charge in [0.1, 0.15) is 6.54 Å². The first kappa shape index (κ1) is 19.5. The van der Waals surface area contributed by atoms with Gasteiger partial charge in [0.25, 0.3) is 5.56 Å². The summed E-state index contributed by atoms with van der Waals surface area (Å²) >= 11 is 0. The number of nitrogens with zero attached hydrogens (tertiary/aromatic N) is 3. The van der Waals surface area contributed by atoms with Crippen LogP contribution in [0.4, 0.5) is 5.69 Å². The molecule has 1 aliphatic heterocycles. The number of aromatic nitrogens is 2. The van der Waals surface area contributed by atoms with Crippen molar-refractivity contribution in [2.75, 3.05) is 5.32 Å². The number of carbonyl (C=O) groups excluding carboxylic acids is 3. The fourth-order valence-electron chi connectivity index (χ4n) is 3.48. The van der Waals surface area contributed by atoms with Crippen LogP contribution in [0.2, 0.25) is 0 Å². The number of nitrogens with one attached hydrogen (secondary N) is 1. The number of anilines is 1. The van der Waals surface area contributed by atoms with Gasteiger partial charge in [0, 0.05) is 18.5 Å². The van der Waals surface area contributed by atoms with Crippen molar-refractivity contribution in [3.63, 3.8) is 0 Å². The standard InChI is InChI=1S/C22H20N4O4/c1-14-3-2-4-17-21(14)23-13-25(22(17)30)12-18(27)24-16-7-5-15(6-8-16)11-26-19(28)9-10-20(26)29/h2-8,13H,9-12H2,1H3,(H,24,27). The normalized spacial score (nSPS) is 13.8. The smallest absolute Gasteiger partial charge is 0.261 e. The molecule has 152 valence electrons. The Morgan fingerprint density at radius 2 is 1.73 bits per heavy atom. The van der Waals surface area contributed by atoms with Crippen LogP contribution in [-0.2, 0) is 27.5 Å². The van der Waals surface area contributed by atoms with Gasteiger partial charge in [-0.3, -0.25) is 28.6 Å². The summed E-state index contributed by atoms with van der Waals surface area (Å²) < 4.78 is 1.27. The average molecular weight is 404 g/mol. The Bertz CT molecular complexity index is 1200. The number of likely N-dealkylation sites (tertiary alicyclic amines) is 1. The van der Waals surface area contributed by atoms with E-state index in [1.54, 1.807) is 36.4 Å². The van der Waals surface area contributed by atoms with E-state index in [0.717, 1.165) is 11.1 Å². The van der Waals surface area contributed by atoms with Crippen LogP contribution in [0.25, 0.3) is 10.9 Å². The lowest BCUT2D eigenvalue weighted by Gasteiger charge is -2.14. The highest BCUT2D eigenvalue weighted by Crippen LogP contribution is 2.17. The Labute approximate surface area is 172 Å². The maximum Gasteiger partial charge on any atom is 0.261 e. The molecule has 4 rings (SSSR count). The molecule has 0 aliphatic carbocycles. The zero-order valence-electron chi connectivity index (χ0n) is 16.4. The minimum atomic E-state index is -0.358. The topological polar surface area (TPSA) is 101 Å². The van der Waals surface area contributed by atoms with E-state index in [1.165, 1.54) is 15.8 Å². The van der Waals surface area contributed by atoms with Gasteiger partial charge in [-0.2, -0.15) is 0 Å².